The number of nitrogens with one attached hydrogen (secondary N) is 1. The lowest BCUT2D eigenvalue weighted by Gasteiger charge is -2.13. The van der Waals surface area contributed by atoms with Crippen LogP contribution in [0.2, 0.25) is 0 Å². The number of rotatable bonds is 5. The zero-order chi connectivity index (χ0) is 9.52. The van der Waals surface area contributed by atoms with Gasteiger partial charge in [0.15, 0.2) is 0 Å². The second kappa shape index (κ2) is 5.85. The molecule has 3 N–H and O–H groups in total. The van der Waals surface area contributed by atoms with Gasteiger partial charge in [0.25, 0.3) is 0 Å². The van der Waals surface area contributed by atoms with Gasteiger partial charge in [-0.05, 0) is 24.0 Å². The molecule has 0 spiro atoms. The first-order valence-electron chi connectivity index (χ1n) is 4.06. The molecule has 74 valence electrons. The summed E-state index contributed by atoms with van der Waals surface area (Å²) in [5, 5.41) is 20.2. The molecule has 1 aliphatic rings. The first-order valence-corrected chi connectivity index (χ1v) is 4.06. The smallest absolute Gasteiger partial charge is 0.0681 e. The average Bonchev–Trinajstić information content (AvgIpc) is 2.19. The molecule has 0 radical (unpaired) electrons. The molecule has 0 atom stereocenters. The highest BCUT2D eigenvalue weighted by Gasteiger charge is 2.07. The second-order valence-corrected chi connectivity index (χ2v) is 2.71. The summed E-state index contributed by atoms with van der Waals surface area (Å²) >= 11 is 0. The molecule has 13 heavy (non-hydrogen) atoms. The van der Waals surface area contributed by atoms with Crippen LogP contribution in [0.3, 0.4) is 0 Å². The molecule has 5 nitrogen and oxygen atoms in total. The van der Waals surface area contributed by atoms with Gasteiger partial charge in [0, 0.05) is 6.54 Å². The molecule has 0 aromatic heterocycles. The zero-order valence-corrected chi connectivity index (χ0v) is 7.19. The van der Waals surface area contributed by atoms with E-state index in [0.29, 0.717) is 6.54 Å². The van der Waals surface area contributed by atoms with Gasteiger partial charge in [-0.2, -0.15) is 5.48 Å². The zero-order valence-electron chi connectivity index (χ0n) is 7.19. The number of allylic oxidation sites excluding steroid dienone is 1. The van der Waals surface area contributed by atoms with Crippen LogP contribution in [0.15, 0.2) is 23.3 Å². The average molecular weight is 187 g/mol. The van der Waals surface area contributed by atoms with Crippen LogP contribution in [0.25, 0.3) is 0 Å². The third-order valence-corrected chi connectivity index (χ3v) is 1.94. The minimum Gasteiger partial charge on any atom is -0.392 e. The molecule has 1 aliphatic carbocycles. The fourth-order valence-electron chi connectivity index (χ4n) is 1.27. The van der Waals surface area contributed by atoms with Gasteiger partial charge in [-0.3, -0.25) is 0 Å². The molecule has 0 heterocycles. The van der Waals surface area contributed by atoms with E-state index in [1.165, 1.54) is 0 Å². The van der Waals surface area contributed by atoms with Crippen LogP contribution in [-0.4, -0.2) is 23.5 Å². The minimum absolute atomic E-state index is 0.0213. The Morgan fingerprint density at radius 1 is 1.54 bits per heavy atom. The van der Waals surface area contributed by atoms with Crippen molar-refractivity contribution in [3.05, 3.63) is 23.3 Å². The first kappa shape index (κ1) is 10.4. The lowest BCUT2D eigenvalue weighted by molar-refractivity contribution is -0.514. The van der Waals surface area contributed by atoms with Crippen LogP contribution in [0.1, 0.15) is 12.8 Å². The molecule has 5 heteroatoms. The maximum atomic E-state index is 8.96. The molecule has 0 saturated heterocycles. The van der Waals surface area contributed by atoms with Gasteiger partial charge in [-0.1, -0.05) is 17.2 Å². The number of hydroxylamine groups is 1. The Bertz CT molecular complexity index is 212. The summed E-state index contributed by atoms with van der Waals surface area (Å²) < 4.78 is 0. The molecule has 0 bridgehead atoms. The Balaban J connectivity index is 2.43. The molecule has 0 aromatic rings. The van der Waals surface area contributed by atoms with E-state index in [9.17, 15) is 0 Å². The van der Waals surface area contributed by atoms with Crippen molar-refractivity contribution in [2.24, 2.45) is 0 Å². The van der Waals surface area contributed by atoms with Crippen LogP contribution < -0.4 is 5.48 Å². The fourth-order valence-corrected chi connectivity index (χ4v) is 1.27. The lowest BCUT2D eigenvalue weighted by Crippen LogP contribution is -2.19. The van der Waals surface area contributed by atoms with Crippen molar-refractivity contribution in [3.63, 3.8) is 0 Å². The van der Waals surface area contributed by atoms with Crippen molar-refractivity contribution >= 4 is 0 Å². The van der Waals surface area contributed by atoms with Gasteiger partial charge in [0.2, 0.25) is 0 Å². The summed E-state index contributed by atoms with van der Waals surface area (Å²) in [4.78, 5) is 4.09. The van der Waals surface area contributed by atoms with Crippen LogP contribution in [0.5, 0.6) is 0 Å². The maximum absolute atomic E-state index is 8.96. The quantitative estimate of drug-likeness (QED) is 0.333. The van der Waals surface area contributed by atoms with Gasteiger partial charge in [-0.25, -0.2) is 5.26 Å². The Labute approximate surface area is 76.1 Å². The third kappa shape index (κ3) is 3.25. The standard InChI is InChI=1S/C8H13NO4/c10-6-8-4-2-1-3-7(8)5-9-12-13-11/h2,4,9-11H,1,3,5-6H2. The second-order valence-electron chi connectivity index (χ2n) is 2.71. The summed E-state index contributed by atoms with van der Waals surface area (Å²) in [5.41, 5.74) is 4.34. The van der Waals surface area contributed by atoms with E-state index < -0.39 is 0 Å². The SMILES string of the molecule is OCC1=C(CNOOO)CCC=C1. The van der Waals surface area contributed by atoms with Gasteiger partial charge in [0.05, 0.1) is 6.61 Å². The Hall–Kier alpha value is -0.720. The highest BCUT2D eigenvalue weighted by molar-refractivity contribution is 5.30. The monoisotopic (exact) mass is 187 g/mol. The molecule has 1 rings (SSSR count). The van der Waals surface area contributed by atoms with Crippen molar-refractivity contribution in [2.75, 3.05) is 13.2 Å². The van der Waals surface area contributed by atoms with Crippen molar-refractivity contribution < 1.29 is 20.4 Å². The van der Waals surface area contributed by atoms with E-state index >= 15 is 0 Å². The molecule has 0 unspecified atom stereocenters. The number of hydrogen-bond acceptors (Lipinski definition) is 5. The highest BCUT2D eigenvalue weighted by atomic mass is 17.5. The highest BCUT2D eigenvalue weighted by Crippen LogP contribution is 2.17. The van der Waals surface area contributed by atoms with E-state index in [-0.39, 0.29) is 6.61 Å². The summed E-state index contributed by atoms with van der Waals surface area (Å²) in [7, 11) is 0. The van der Waals surface area contributed by atoms with E-state index in [1.807, 2.05) is 12.2 Å². The molecule has 0 fully saturated rings. The maximum Gasteiger partial charge on any atom is 0.0681 e. The molecular formula is C8H13NO4. The van der Waals surface area contributed by atoms with Gasteiger partial charge in [0.1, 0.15) is 0 Å². The predicted octanol–water partition coefficient (Wildman–Crippen LogP) is 0.551. The normalized spacial score (nSPS) is 16.8. The van der Waals surface area contributed by atoms with Crippen LogP contribution in [0, 0.1) is 0 Å². The van der Waals surface area contributed by atoms with E-state index in [1.54, 1.807) is 0 Å². The van der Waals surface area contributed by atoms with Gasteiger partial charge < -0.3 is 5.11 Å². The van der Waals surface area contributed by atoms with E-state index in [2.05, 4.69) is 15.5 Å². The third-order valence-electron chi connectivity index (χ3n) is 1.94. The number of aliphatic hydroxyl groups excluding tert-OH is 1. The topological polar surface area (TPSA) is 71.0 Å². The Morgan fingerprint density at radius 2 is 2.38 bits per heavy atom. The molecule has 0 amide bonds. The van der Waals surface area contributed by atoms with Crippen molar-refractivity contribution in [2.45, 2.75) is 12.8 Å². The van der Waals surface area contributed by atoms with Crippen molar-refractivity contribution in [1.82, 2.24) is 5.48 Å². The molecule has 0 aliphatic heterocycles. The van der Waals surface area contributed by atoms with Gasteiger partial charge in [-0.15, -0.1) is 4.99 Å². The largest absolute Gasteiger partial charge is 0.392 e. The Kier molecular flexibility index (Phi) is 4.66. The van der Waals surface area contributed by atoms with Crippen LogP contribution in [0.4, 0.5) is 0 Å². The fraction of sp³-hybridized carbons (Fsp3) is 0.500. The first-order chi connectivity index (χ1) is 6.38. The van der Waals surface area contributed by atoms with Gasteiger partial charge >= 0.3 is 0 Å². The summed E-state index contributed by atoms with van der Waals surface area (Å²) in [6.45, 7) is 0.453. The predicted molar refractivity (Wildman–Crippen MR) is 45.3 cm³/mol. The number of aliphatic hydroxyl groups is 1. The summed E-state index contributed by atoms with van der Waals surface area (Å²) in [6, 6.07) is 0. The lowest BCUT2D eigenvalue weighted by atomic mass is 9.98. The Morgan fingerprint density at radius 3 is 3.08 bits per heavy atom. The number of hydrogen-bond donors (Lipinski definition) is 3. The summed E-state index contributed by atoms with van der Waals surface area (Å²) in [6.07, 6.45) is 5.74. The van der Waals surface area contributed by atoms with Crippen molar-refractivity contribution in [1.29, 1.82) is 0 Å². The summed E-state index contributed by atoms with van der Waals surface area (Å²) in [5.74, 6) is 0. The van der Waals surface area contributed by atoms with E-state index in [4.69, 9.17) is 10.4 Å². The van der Waals surface area contributed by atoms with Crippen LogP contribution in [-0.2, 0) is 10.0 Å². The molecular weight excluding hydrogens is 174 g/mol. The molecule has 0 aromatic carbocycles. The minimum atomic E-state index is 0.0213. The van der Waals surface area contributed by atoms with Crippen LogP contribution >= 0.6 is 0 Å². The molecule has 0 saturated carbocycles. The van der Waals surface area contributed by atoms with Crippen molar-refractivity contribution in [3.8, 4) is 0 Å². The van der Waals surface area contributed by atoms with E-state index in [0.717, 1.165) is 24.0 Å².